The van der Waals surface area contributed by atoms with E-state index in [9.17, 15) is 5.11 Å². The second-order valence-corrected chi connectivity index (χ2v) is 4.06. The van der Waals surface area contributed by atoms with E-state index in [0.717, 1.165) is 0 Å². The summed E-state index contributed by atoms with van der Waals surface area (Å²) < 4.78 is 0. The molecule has 1 rings (SSSR count). The Morgan fingerprint density at radius 3 is 2.50 bits per heavy atom. The first-order chi connectivity index (χ1) is 6.53. The zero-order chi connectivity index (χ0) is 10.8. The van der Waals surface area contributed by atoms with Crippen molar-refractivity contribution in [1.82, 2.24) is 5.32 Å². The summed E-state index contributed by atoms with van der Waals surface area (Å²) in [7, 11) is 1.87. The molecule has 0 fully saturated rings. The topological polar surface area (TPSA) is 32.3 Å². The molecule has 1 aromatic rings. The number of aliphatic hydroxyl groups is 1. The molecule has 2 nitrogen and oxygen atoms in total. The summed E-state index contributed by atoms with van der Waals surface area (Å²) in [5.74, 6) is 0. The van der Waals surface area contributed by atoms with Crippen molar-refractivity contribution in [2.45, 2.75) is 26.3 Å². The standard InChI is InChI=1S/C12H19NO/c1-9-5-6-10(2)11(7-9)12(3,8-14)13-4/h5-7,13-14H,8H2,1-4H3. The lowest BCUT2D eigenvalue weighted by Crippen LogP contribution is -2.41. The predicted molar refractivity (Wildman–Crippen MR) is 59.4 cm³/mol. The first-order valence-corrected chi connectivity index (χ1v) is 4.91. The van der Waals surface area contributed by atoms with Crippen LogP contribution in [-0.2, 0) is 5.54 Å². The minimum absolute atomic E-state index is 0.105. The van der Waals surface area contributed by atoms with Crippen LogP contribution in [-0.4, -0.2) is 18.8 Å². The maximum absolute atomic E-state index is 9.39. The lowest BCUT2D eigenvalue weighted by molar-refractivity contribution is 0.183. The Labute approximate surface area is 86.0 Å². The second-order valence-electron chi connectivity index (χ2n) is 4.06. The minimum Gasteiger partial charge on any atom is -0.394 e. The van der Waals surface area contributed by atoms with E-state index in [1.165, 1.54) is 16.7 Å². The van der Waals surface area contributed by atoms with Crippen LogP contribution in [0.1, 0.15) is 23.6 Å². The fraction of sp³-hybridized carbons (Fsp3) is 0.500. The highest BCUT2D eigenvalue weighted by molar-refractivity contribution is 5.35. The minimum atomic E-state index is -0.337. The van der Waals surface area contributed by atoms with E-state index >= 15 is 0 Å². The van der Waals surface area contributed by atoms with Crippen molar-refractivity contribution in [1.29, 1.82) is 0 Å². The van der Waals surface area contributed by atoms with E-state index in [-0.39, 0.29) is 12.1 Å². The SMILES string of the molecule is CNC(C)(CO)c1cc(C)ccc1C. The summed E-state index contributed by atoms with van der Waals surface area (Å²) in [6, 6.07) is 6.31. The fourth-order valence-corrected chi connectivity index (χ4v) is 1.63. The molecule has 1 unspecified atom stereocenters. The van der Waals surface area contributed by atoms with Crippen molar-refractivity contribution < 1.29 is 5.11 Å². The maximum atomic E-state index is 9.39. The average Bonchev–Trinajstić information content (AvgIpc) is 2.20. The van der Waals surface area contributed by atoms with Crippen LogP contribution in [0.15, 0.2) is 18.2 Å². The van der Waals surface area contributed by atoms with Gasteiger partial charge >= 0.3 is 0 Å². The van der Waals surface area contributed by atoms with Crippen LogP contribution < -0.4 is 5.32 Å². The third-order valence-electron chi connectivity index (χ3n) is 2.86. The Morgan fingerprint density at radius 1 is 1.36 bits per heavy atom. The van der Waals surface area contributed by atoms with Gasteiger partial charge in [-0.2, -0.15) is 0 Å². The van der Waals surface area contributed by atoms with Gasteiger partial charge in [0.2, 0.25) is 0 Å². The number of nitrogens with one attached hydrogen (secondary N) is 1. The largest absolute Gasteiger partial charge is 0.394 e. The molecule has 0 radical (unpaired) electrons. The monoisotopic (exact) mass is 193 g/mol. The molecule has 0 aromatic heterocycles. The van der Waals surface area contributed by atoms with E-state index < -0.39 is 0 Å². The van der Waals surface area contributed by atoms with Gasteiger partial charge in [0.05, 0.1) is 12.1 Å². The van der Waals surface area contributed by atoms with Crippen molar-refractivity contribution in [2.75, 3.05) is 13.7 Å². The van der Waals surface area contributed by atoms with Crippen molar-refractivity contribution in [2.24, 2.45) is 0 Å². The molecule has 0 heterocycles. The number of likely N-dealkylation sites (N-methyl/N-ethyl adjacent to an activating group) is 1. The van der Waals surface area contributed by atoms with Gasteiger partial charge in [-0.3, -0.25) is 0 Å². The molecule has 0 aliphatic carbocycles. The van der Waals surface area contributed by atoms with E-state index in [0.29, 0.717) is 0 Å². The van der Waals surface area contributed by atoms with E-state index in [2.05, 4.69) is 37.4 Å². The van der Waals surface area contributed by atoms with Gasteiger partial charge in [0.1, 0.15) is 0 Å². The maximum Gasteiger partial charge on any atom is 0.0652 e. The summed E-state index contributed by atoms with van der Waals surface area (Å²) in [5.41, 5.74) is 3.26. The Bertz CT molecular complexity index is 316. The summed E-state index contributed by atoms with van der Waals surface area (Å²) in [6.45, 7) is 6.25. The zero-order valence-corrected chi connectivity index (χ0v) is 9.39. The molecular formula is C12H19NO. The molecule has 1 atom stereocenters. The van der Waals surface area contributed by atoms with Gasteiger partial charge in [0.25, 0.3) is 0 Å². The quantitative estimate of drug-likeness (QED) is 0.766. The third-order valence-corrected chi connectivity index (χ3v) is 2.86. The molecule has 1 aromatic carbocycles. The number of benzene rings is 1. The van der Waals surface area contributed by atoms with Gasteiger partial charge in [-0.15, -0.1) is 0 Å². The summed E-state index contributed by atoms with van der Waals surface area (Å²) in [4.78, 5) is 0. The van der Waals surface area contributed by atoms with Gasteiger partial charge < -0.3 is 10.4 Å². The van der Waals surface area contributed by atoms with Gasteiger partial charge in [-0.1, -0.05) is 23.8 Å². The fourth-order valence-electron chi connectivity index (χ4n) is 1.63. The molecule has 0 spiro atoms. The summed E-state index contributed by atoms with van der Waals surface area (Å²) >= 11 is 0. The lowest BCUT2D eigenvalue weighted by Gasteiger charge is -2.29. The average molecular weight is 193 g/mol. The van der Waals surface area contributed by atoms with Crippen LogP contribution in [0.25, 0.3) is 0 Å². The normalized spacial score (nSPS) is 15.2. The molecule has 0 saturated carbocycles. The Morgan fingerprint density at radius 2 is 2.00 bits per heavy atom. The highest BCUT2D eigenvalue weighted by atomic mass is 16.3. The molecular weight excluding hydrogens is 174 g/mol. The van der Waals surface area contributed by atoms with Crippen LogP contribution in [0.3, 0.4) is 0 Å². The van der Waals surface area contributed by atoms with Crippen molar-refractivity contribution >= 4 is 0 Å². The first-order valence-electron chi connectivity index (χ1n) is 4.91. The van der Waals surface area contributed by atoms with Gasteiger partial charge in [0, 0.05) is 0 Å². The highest BCUT2D eigenvalue weighted by Gasteiger charge is 2.24. The summed E-state index contributed by atoms with van der Waals surface area (Å²) in [5, 5.41) is 12.6. The smallest absolute Gasteiger partial charge is 0.0652 e. The van der Waals surface area contributed by atoms with Crippen molar-refractivity contribution in [3.8, 4) is 0 Å². The Hall–Kier alpha value is -0.860. The van der Waals surface area contributed by atoms with Gasteiger partial charge in [-0.05, 0) is 38.9 Å². The van der Waals surface area contributed by atoms with E-state index in [1.807, 2.05) is 14.0 Å². The molecule has 0 bridgehead atoms. The third kappa shape index (κ3) is 1.97. The van der Waals surface area contributed by atoms with Crippen LogP contribution in [0.5, 0.6) is 0 Å². The molecule has 0 aliphatic rings. The molecule has 2 heteroatoms. The molecule has 78 valence electrons. The van der Waals surface area contributed by atoms with Crippen LogP contribution in [0.2, 0.25) is 0 Å². The van der Waals surface area contributed by atoms with Crippen LogP contribution >= 0.6 is 0 Å². The van der Waals surface area contributed by atoms with Crippen LogP contribution in [0.4, 0.5) is 0 Å². The number of hydrogen-bond donors (Lipinski definition) is 2. The second kappa shape index (κ2) is 4.11. The molecule has 2 N–H and O–H groups in total. The van der Waals surface area contributed by atoms with Gasteiger partial charge in [-0.25, -0.2) is 0 Å². The number of hydrogen-bond acceptors (Lipinski definition) is 2. The van der Waals surface area contributed by atoms with Crippen LogP contribution in [0, 0.1) is 13.8 Å². The molecule has 14 heavy (non-hydrogen) atoms. The zero-order valence-electron chi connectivity index (χ0n) is 9.39. The molecule has 0 aliphatic heterocycles. The number of aliphatic hydroxyl groups excluding tert-OH is 1. The van der Waals surface area contributed by atoms with E-state index in [1.54, 1.807) is 0 Å². The van der Waals surface area contributed by atoms with Crippen molar-refractivity contribution in [3.05, 3.63) is 34.9 Å². The lowest BCUT2D eigenvalue weighted by atomic mass is 9.88. The number of aryl methyl sites for hydroxylation is 2. The number of rotatable bonds is 3. The Balaban J connectivity index is 3.22. The van der Waals surface area contributed by atoms with Gasteiger partial charge in [0.15, 0.2) is 0 Å². The van der Waals surface area contributed by atoms with E-state index in [4.69, 9.17) is 0 Å². The first kappa shape index (κ1) is 11.2. The molecule has 0 saturated heterocycles. The predicted octanol–water partition coefficient (Wildman–Crippen LogP) is 1.73. The van der Waals surface area contributed by atoms with Crippen molar-refractivity contribution in [3.63, 3.8) is 0 Å². The summed E-state index contributed by atoms with van der Waals surface area (Å²) in [6.07, 6.45) is 0. The Kier molecular flexibility index (Phi) is 3.29. The highest BCUT2D eigenvalue weighted by Crippen LogP contribution is 2.24. The molecule has 0 amide bonds.